The minimum Gasteiger partial charge on any atom is -0.480 e. The highest BCUT2D eigenvalue weighted by atomic mass is 16.5. The molecule has 0 radical (unpaired) electrons. The highest BCUT2D eigenvalue weighted by Gasteiger charge is 2.38. The molecule has 5 heteroatoms. The molecule has 0 aliphatic rings. The van der Waals surface area contributed by atoms with E-state index in [4.69, 9.17) is 9.84 Å². The fourth-order valence-electron chi connectivity index (χ4n) is 3.85. The van der Waals surface area contributed by atoms with E-state index in [1.54, 1.807) is 6.33 Å². The van der Waals surface area contributed by atoms with Crippen LogP contribution in [0, 0.1) is 0 Å². The second kappa shape index (κ2) is 8.76. The summed E-state index contributed by atoms with van der Waals surface area (Å²) in [6.45, 7) is -0.220. The van der Waals surface area contributed by atoms with Gasteiger partial charge in [0.1, 0.15) is 12.1 Å². The van der Waals surface area contributed by atoms with Crippen molar-refractivity contribution in [3.63, 3.8) is 0 Å². The maximum atomic E-state index is 10.8. The number of rotatable bonds is 8. The molecule has 0 fully saturated rings. The molecule has 4 aromatic rings. The van der Waals surface area contributed by atoms with Crippen LogP contribution in [0.1, 0.15) is 22.4 Å². The fraction of sp³-hybridized carbons (Fsp3) is 0.120. The lowest BCUT2D eigenvalue weighted by Crippen LogP contribution is -2.36. The van der Waals surface area contributed by atoms with Crippen molar-refractivity contribution in [1.29, 1.82) is 0 Å². The lowest BCUT2D eigenvalue weighted by Gasteiger charge is -2.37. The zero-order valence-corrected chi connectivity index (χ0v) is 16.4. The van der Waals surface area contributed by atoms with Gasteiger partial charge in [0.25, 0.3) is 0 Å². The Bertz CT molecular complexity index is 996. The normalized spacial score (nSPS) is 11.3. The Morgan fingerprint density at radius 2 is 1.30 bits per heavy atom. The predicted octanol–water partition coefficient (Wildman–Crippen LogP) is 4.32. The van der Waals surface area contributed by atoms with Crippen LogP contribution in [0.5, 0.6) is 0 Å². The SMILES string of the molecule is O=C(O)COCc1cn(C(c2ccccc2)(c2ccccc2)c2ccccc2)cn1. The number of imidazole rings is 1. The van der Waals surface area contributed by atoms with Gasteiger partial charge in [0.05, 0.1) is 18.6 Å². The van der Waals surface area contributed by atoms with Gasteiger partial charge in [0.15, 0.2) is 0 Å². The Labute approximate surface area is 175 Å². The number of carbonyl (C=O) groups is 1. The largest absolute Gasteiger partial charge is 0.480 e. The van der Waals surface area contributed by atoms with E-state index in [9.17, 15) is 4.79 Å². The average Bonchev–Trinajstić information content (AvgIpc) is 3.25. The molecule has 3 aromatic carbocycles. The van der Waals surface area contributed by atoms with Crippen molar-refractivity contribution in [2.45, 2.75) is 12.1 Å². The van der Waals surface area contributed by atoms with Crippen molar-refractivity contribution < 1.29 is 14.6 Å². The molecule has 0 saturated carbocycles. The summed E-state index contributed by atoms with van der Waals surface area (Å²) in [5, 5.41) is 8.82. The molecule has 0 atom stereocenters. The van der Waals surface area contributed by atoms with Crippen molar-refractivity contribution >= 4 is 5.97 Å². The molecule has 1 aromatic heterocycles. The zero-order valence-electron chi connectivity index (χ0n) is 16.4. The molecule has 1 heterocycles. The second-order valence-corrected chi connectivity index (χ2v) is 6.97. The Kier molecular flexibility index (Phi) is 5.72. The van der Waals surface area contributed by atoms with E-state index in [1.165, 1.54) is 0 Å². The third-order valence-corrected chi connectivity index (χ3v) is 5.07. The molecule has 4 rings (SSSR count). The lowest BCUT2D eigenvalue weighted by molar-refractivity contribution is -0.142. The van der Waals surface area contributed by atoms with Crippen LogP contribution in [-0.2, 0) is 21.7 Å². The third kappa shape index (κ3) is 3.75. The quantitative estimate of drug-likeness (QED) is 0.449. The predicted molar refractivity (Wildman–Crippen MR) is 114 cm³/mol. The lowest BCUT2D eigenvalue weighted by atomic mass is 9.77. The van der Waals surface area contributed by atoms with E-state index in [1.807, 2.05) is 60.8 Å². The van der Waals surface area contributed by atoms with Crippen molar-refractivity contribution in [2.75, 3.05) is 6.61 Å². The van der Waals surface area contributed by atoms with Crippen molar-refractivity contribution in [2.24, 2.45) is 0 Å². The minimum atomic E-state index is -0.998. The summed E-state index contributed by atoms with van der Waals surface area (Å²) in [7, 11) is 0. The number of ether oxygens (including phenoxy) is 1. The Morgan fingerprint density at radius 1 is 0.833 bits per heavy atom. The standard InChI is InChI=1S/C25H22N2O3/c28-24(29)18-30-17-23-16-27(19-26-23)25(20-10-4-1-5-11-20,21-12-6-2-7-13-21)22-14-8-3-9-15-22/h1-16,19H,17-18H2,(H,28,29). The molecule has 0 unspecified atom stereocenters. The number of carboxylic acids is 1. The van der Waals surface area contributed by atoms with E-state index in [2.05, 4.69) is 45.9 Å². The van der Waals surface area contributed by atoms with Crippen LogP contribution in [0.2, 0.25) is 0 Å². The number of aromatic nitrogens is 2. The topological polar surface area (TPSA) is 64.3 Å². The molecule has 30 heavy (non-hydrogen) atoms. The monoisotopic (exact) mass is 398 g/mol. The molecule has 0 spiro atoms. The van der Waals surface area contributed by atoms with Crippen molar-refractivity contribution in [3.05, 3.63) is 126 Å². The van der Waals surface area contributed by atoms with Crippen LogP contribution in [-0.4, -0.2) is 27.2 Å². The van der Waals surface area contributed by atoms with Gasteiger partial charge in [0.2, 0.25) is 0 Å². The Hall–Kier alpha value is -3.70. The van der Waals surface area contributed by atoms with Crippen LogP contribution < -0.4 is 0 Å². The van der Waals surface area contributed by atoms with Gasteiger partial charge >= 0.3 is 5.97 Å². The van der Waals surface area contributed by atoms with E-state index < -0.39 is 11.5 Å². The van der Waals surface area contributed by atoms with Gasteiger partial charge in [-0.1, -0.05) is 91.0 Å². The van der Waals surface area contributed by atoms with Crippen molar-refractivity contribution in [1.82, 2.24) is 9.55 Å². The molecule has 1 N–H and O–H groups in total. The number of hydrogen-bond donors (Lipinski definition) is 1. The summed E-state index contributed by atoms with van der Waals surface area (Å²) < 4.78 is 7.32. The summed E-state index contributed by atoms with van der Waals surface area (Å²) in [6.07, 6.45) is 3.71. The molecule has 150 valence electrons. The molecule has 0 aliphatic carbocycles. The molecule has 0 amide bonds. The third-order valence-electron chi connectivity index (χ3n) is 5.07. The van der Waals surface area contributed by atoms with Gasteiger partial charge < -0.3 is 14.4 Å². The van der Waals surface area contributed by atoms with Gasteiger partial charge in [-0.2, -0.15) is 0 Å². The van der Waals surface area contributed by atoms with Crippen molar-refractivity contribution in [3.8, 4) is 0 Å². The van der Waals surface area contributed by atoms with Crippen LogP contribution >= 0.6 is 0 Å². The van der Waals surface area contributed by atoms with Gasteiger partial charge in [0, 0.05) is 6.20 Å². The summed E-state index contributed by atoms with van der Waals surface area (Å²) in [5.74, 6) is -0.998. The highest BCUT2D eigenvalue weighted by molar-refractivity contribution is 5.68. The first kappa shape index (κ1) is 19.6. The summed E-state index contributed by atoms with van der Waals surface area (Å²) in [6, 6.07) is 30.9. The first-order chi connectivity index (χ1) is 14.7. The van der Waals surface area contributed by atoms with Crippen LogP contribution in [0.25, 0.3) is 0 Å². The van der Waals surface area contributed by atoms with E-state index in [0.29, 0.717) is 5.69 Å². The van der Waals surface area contributed by atoms with E-state index in [0.717, 1.165) is 16.7 Å². The van der Waals surface area contributed by atoms with Gasteiger partial charge in [-0.05, 0) is 16.7 Å². The van der Waals surface area contributed by atoms with E-state index >= 15 is 0 Å². The smallest absolute Gasteiger partial charge is 0.329 e. The number of hydrogen-bond acceptors (Lipinski definition) is 3. The number of carboxylic acid groups (broad SMARTS) is 1. The summed E-state index contributed by atoms with van der Waals surface area (Å²) in [4.78, 5) is 15.3. The van der Waals surface area contributed by atoms with Gasteiger partial charge in [-0.3, -0.25) is 0 Å². The van der Waals surface area contributed by atoms with Gasteiger partial charge in [-0.15, -0.1) is 0 Å². The summed E-state index contributed by atoms with van der Waals surface area (Å²) >= 11 is 0. The molecule has 0 bridgehead atoms. The first-order valence-corrected chi connectivity index (χ1v) is 9.70. The minimum absolute atomic E-state index is 0.133. The van der Waals surface area contributed by atoms with Crippen LogP contribution in [0.3, 0.4) is 0 Å². The Balaban J connectivity index is 1.90. The zero-order chi connectivity index (χ0) is 20.8. The number of nitrogens with zero attached hydrogens (tertiary/aromatic N) is 2. The Morgan fingerprint density at radius 3 is 1.73 bits per heavy atom. The highest BCUT2D eigenvalue weighted by Crippen LogP contribution is 2.40. The second-order valence-electron chi connectivity index (χ2n) is 6.97. The molecule has 5 nitrogen and oxygen atoms in total. The first-order valence-electron chi connectivity index (χ1n) is 9.70. The molecule has 0 aliphatic heterocycles. The van der Waals surface area contributed by atoms with Crippen LogP contribution in [0.15, 0.2) is 104 Å². The molecular formula is C25H22N2O3. The molecular weight excluding hydrogens is 376 g/mol. The van der Waals surface area contributed by atoms with Gasteiger partial charge in [-0.25, -0.2) is 9.78 Å². The summed E-state index contributed by atoms with van der Waals surface area (Å²) in [5.41, 5.74) is 3.32. The number of aliphatic carboxylic acids is 1. The average molecular weight is 398 g/mol. The van der Waals surface area contributed by atoms with E-state index in [-0.39, 0.29) is 13.2 Å². The maximum absolute atomic E-state index is 10.8. The maximum Gasteiger partial charge on any atom is 0.329 e. The molecule has 0 saturated heterocycles. The van der Waals surface area contributed by atoms with Crippen LogP contribution in [0.4, 0.5) is 0 Å². The number of benzene rings is 3. The fourth-order valence-corrected chi connectivity index (χ4v) is 3.85.